The highest BCUT2D eigenvalue weighted by Gasteiger charge is 2.18. The molecule has 72 heavy (non-hydrogen) atoms. The Kier molecular flexibility index (Phi) is 60.7. The molecule has 0 aliphatic carbocycles. The van der Waals surface area contributed by atoms with Crippen LogP contribution in [0, 0.1) is 0 Å². The van der Waals surface area contributed by atoms with Crippen molar-refractivity contribution in [2.45, 2.75) is 334 Å². The van der Waals surface area contributed by atoms with Gasteiger partial charge in [-0.2, -0.15) is 0 Å². The van der Waals surface area contributed by atoms with Gasteiger partial charge in [0.15, 0.2) is 0 Å². The summed E-state index contributed by atoms with van der Waals surface area (Å²) < 4.78 is 0. The van der Waals surface area contributed by atoms with Gasteiger partial charge in [-0.1, -0.05) is 317 Å². The van der Waals surface area contributed by atoms with Crippen molar-refractivity contribution in [2.24, 2.45) is 0 Å². The second kappa shape index (κ2) is 62.9. The molecule has 2 unspecified atom stereocenters. The number of carbonyl (C=O) groups excluding carboxylic acids is 1. The molecule has 0 aliphatic rings. The van der Waals surface area contributed by atoms with Crippen LogP contribution in [0.5, 0.6) is 0 Å². The van der Waals surface area contributed by atoms with Gasteiger partial charge >= 0.3 is 0 Å². The van der Waals surface area contributed by atoms with Crippen LogP contribution in [0.2, 0.25) is 0 Å². The topological polar surface area (TPSA) is 69.6 Å². The maximum atomic E-state index is 12.5. The molecule has 0 saturated heterocycles. The number of amides is 1. The summed E-state index contributed by atoms with van der Waals surface area (Å²) >= 11 is 0. The average molecular weight is 1000 g/mol. The standard InChI is InChI=1S/C68H123NO3/c1-3-5-7-9-11-13-15-17-19-21-23-25-26-27-28-29-30-31-32-33-34-35-36-37-38-39-40-41-42-44-46-48-50-52-54-56-58-60-62-64-68(72)69-66(65-70)67(71)63-61-59-57-55-53-51-49-47-45-43-24-22-20-18-16-14-12-10-8-6-4-2/h5,7,11,13,17,19,23,25,45,47,53,55,61,63,66-67,70-71H,3-4,6,8-10,12,14-16,18,20-22,24,26-44,46,48-52,54,56-60,62,64-65H2,1-2H3,(H,69,72)/b7-5-,13-11-,19-17-,25-23-,47-45+,55-53+,63-61+. The van der Waals surface area contributed by atoms with Crippen LogP contribution in [0.1, 0.15) is 322 Å². The zero-order chi connectivity index (χ0) is 52.0. The van der Waals surface area contributed by atoms with E-state index in [2.05, 4.69) is 92.1 Å². The van der Waals surface area contributed by atoms with E-state index in [1.165, 1.54) is 238 Å². The van der Waals surface area contributed by atoms with Gasteiger partial charge in [-0.3, -0.25) is 4.79 Å². The van der Waals surface area contributed by atoms with E-state index < -0.39 is 12.1 Å². The highest BCUT2D eigenvalue weighted by molar-refractivity contribution is 5.76. The number of aliphatic hydroxyl groups is 2. The minimum Gasteiger partial charge on any atom is -0.394 e. The van der Waals surface area contributed by atoms with E-state index in [0.717, 1.165) is 64.2 Å². The van der Waals surface area contributed by atoms with Crippen LogP contribution in [0.4, 0.5) is 0 Å². The molecule has 4 nitrogen and oxygen atoms in total. The maximum absolute atomic E-state index is 12.5. The molecule has 0 aromatic carbocycles. The summed E-state index contributed by atoms with van der Waals surface area (Å²) in [5, 5.41) is 23.2. The third kappa shape index (κ3) is 58.5. The Morgan fingerprint density at radius 2 is 0.625 bits per heavy atom. The first-order chi connectivity index (χ1) is 35.7. The van der Waals surface area contributed by atoms with E-state index in [9.17, 15) is 15.0 Å². The molecule has 0 bridgehead atoms. The molecule has 3 N–H and O–H groups in total. The molecule has 2 atom stereocenters. The lowest BCUT2D eigenvalue weighted by atomic mass is 10.0. The lowest BCUT2D eigenvalue weighted by Crippen LogP contribution is -2.45. The fraction of sp³-hybridized carbons (Fsp3) is 0.779. The lowest BCUT2D eigenvalue weighted by molar-refractivity contribution is -0.123. The fourth-order valence-corrected chi connectivity index (χ4v) is 9.56. The van der Waals surface area contributed by atoms with Crippen molar-refractivity contribution in [3.63, 3.8) is 0 Å². The van der Waals surface area contributed by atoms with Gasteiger partial charge in [0.25, 0.3) is 0 Å². The van der Waals surface area contributed by atoms with Crippen molar-refractivity contribution in [1.82, 2.24) is 5.32 Å². The molecular weight excluding hydrogens is 879 g/mol. The molecular formula is C68H123NO3. The SMILES string of the molecule is CC/C=C\C/C=C\C/C=C\C/C=C\CCCCCCCCCCCCCCCCCCCCCCCCCCCCC(=O)NC(CO)C(O)/C=C/CC/C=C/CC/C=C/CCCCCCCCCCCCC. The Hall–Kier alpha value is -2.43. The van der Waals surface area contributed by atoms with Crippen LogP contribution >= 0.6 is 0 Å². The van der Waals surface area contributed by atoms with E-state index in [1.807, 2.05) is 6.08 Å². The number of aliphatic hydroxyl groups excluding tert-OH is 2. The Bertz CT molecular complexity index is 1270. The summed E-state index contributed by atoms with van der Waals surface area (Å²) in [4.78, 5) is 12.5. The van der Waals surface area contributed by atoms with Crippen molar-refractivity contribution in [1.29, 1.82) is 0 Å². The van der Waals surface area contributed by atoms with Gasteiger partial charge in [0.05, 0.1) is 18.8 Å². The molecule has 0 aromatic heterocycles. The van der Waals surface area contributed by atoms with Crippen LogP contribution in [0.25, 0.3) is 0 Å². The number of allylic oxidation sites excluding steroid dienone is 13. The number of nitrogens with one attached hydrogen (secondary N) is 1. The molecule has 0 heterocycles. The van der Waals surface area contributed by atoms with Crippen LogP contribution in [0.15, 0.2) is 85.1 Å². The second-order valence-electron chi connectivity index (χ2n) is 21.4. The molecule has 0 fully saturated rings. The van der Waals surface area contributed by atoms with Gasteiger partial charge in [-0.05, 0) is 83.5 Å². The third-order valence-corrected chi connectivity index (χ3v) is 14.3. The molecule has 0 rings (SSSR count). The van der Waals surface area contributed by atoms with E-state index in [-0.39, 0.29) is 12.5 Å². The Labute approximate surface area is 450 Å². The molecule has 0 aromatic rings. The molecule has 418 valence electrons. The molecule has 4 heteroatoms. The summed E-state index contributed by atoms with van der Waals surface area (Å²) in [5.74, 6) is -0.0739. The normalized spacial score (nSPS) is 13.3. The van der Waals surface area contributed by atoms with E-state index in [0.29, 0.717) is 6.42 Å². The first-order valence-electron chi connectivity index (χ1n) is 31.8. The molecule has 0 aliphatic heterocycles. The van der Waals surface area contributed by atoms with Crippen molar-refractivity contribution < 1.29 is 15.0 Å². The Balaban J connectivity index is 3.46. The highest BCUT2D eigenvalue weighted by Crippen LogP contribution is 2.17. The summed E-state index contributed by atoms with van der Waals surface area (Å²) in [6.07, 6.45) is 92.2. The molecule has 1 amide bonds. The van der Waals surface area contributed by atoms with Crippen molar-refractivity contribution in [2.75, 3.05) is 6.61 Å². The maximum Gasteiger partial charge on any atom is 0.220 e. The number of unbranched alkanes of at least 4 members (excludes halogenated alkanes) is 39. The monoisotopic (exact) mass is 1000 g/mol. The summed E-state index contributed by atoms with van der Waals surface area (Å²) in [6, 6.07) is -0.648. The number of hydrogen-bond donors (Lipinski definition) is 3. The predicted octanol–water partition coefficient (Wildman–Crippen LogP) is 21.5. The van der Waals surface area contributed by atoms with Crippen LogP contribution in [-0.4, -0.2) is 34.9 Å². The Morgan fingerprint density at radius 1 is 0.347 bits per heavy atom. The lowest BCUT2D eigenvalue weighted by Gasteiger charge is -2.19. The number of hydrogen-bond acceptors (Lipinski definition) is 3. The number of rotatable bonds is 58. The molecule has 0 radical (unpaired) electrons. The van der Waals surface area contributed by atoms with Crippen LogP contribution < -0.4 is 5.32 Å². The van der Waals surface area contributed by atoms with Gasteiger partial charge in [-0.15, -0.1) is 0 Å². The zero-order valence-corrected chi connectivity index (χ0v) is 48.2. The fourth-order valence-electron chi connectivity index (χ4n) is 9.56. The summed E-state index contributed by atoms with van der Waals surface area (Å²) in [7, 11) is 0. The van der Waals surface area contributed by atoms with Crippen LogP contribution in [0.3, 0.4) is 0 Å². The second-order valence-corrected chi connectivity index (χ2v) is 21.4. The van der Waals surface area contributed by atoms with Crippen molar-refractivity contribution in [3.05, 3.63) is 85.1 Å². The van der Waals surface area contributed by atoms with Gasteiger partial charge < -0.3 is 15.5 Å². The van der Waals surface area contributed by atoms with E-state index >= 15 is 0 Å². The highest BCUT2D eigenvalue weighted by atomic mass is 16.3. The first-order valence-corrected chi connectivity index (χ1v) is 31.8. The predicted molar refractivity (Wildman–Crippen MR) is 322 cm³/mol. The third-order valence-electron chi connectivity index (χ3n) is 14.3. The van der Waals surface area contributed by atoms with Gasteiger partial charge in [0, 0.05) is 6.42 Å². The van der Waals surface area contributed by atoms with Crippen LogP contribution in [-0.2, 0) is 4.79 Å². The van der Waals surface area contributed by atoms with E-state index in [4.69, 9.17) is 0 Å². The minimum absolute atomic E-state index is 0.0739. The largest absolute Gasteiger partial charge is 0.394 e. The molecule has 0 spiro atoms. The minimum atomic E-state index is -0.872. The van der Waals surface area contributed by atoms with E-state index in [1.54, 1.807) is 6.08 Å². The zero-order valence-electron chi connectivity index (χ0n) is 48.2. The van der Waals surface area contributed by atoms with Gasteiger partial charge in [0.2, 0.25) is 5.91 Å². The quantitative estimate of drug-likeness (QED) is 0.0420. The summed E-state index contributed by atoms with van der Waals surface area (Å²) in [5.41, 5.74) is 0. The summed E-state index contributed by atoms with van der Waals surface area (Å²) in [6.45, 7) is 4.20. The number of carbonyl (C=O) groups is 1. The first kappa shape index (κ1) is 69.6. The molecule has 0 saturated carbocycles. The van der Waals surface area contributed by atoms with Gasteiger partial charge in [-0.25, -0.2) is 0 Å². The average Bonchev–Trinajstić information content (AvgIpc) is 3.39. The smallest absolute Gasteiger partial charge is 0.220 e. The Morgan fingerprint density at radius 3 is 0.972 bits per heavy atom. The van der Waals surface area contributed by atoms with Crippen molar-refractivity contribution >= 4 is 5.91 Å². The van der Waals surface area contributed by atoms with Crippen molar-refractivity contribution in [3.8, 4) is 0 Å². The van der Waals surface area contributed by atoms with Gasteiger partial charge in [0.1, 0.15) is 0 Å².